The number of carbonyl (C=O) groups is 2. The molecule has 0 saturated heterocycles. The van der Waals surface area contributed by atoms with Crippen molar-refractivity contribution in [3.8, 4) is 0 Å². The van der Waals surface area contributed by atoms with Gasteiger partial charge in [-0.2, -0.15) is 4.39 Å². The molecule has 1 aromatic rings. The van der Waals surface area contributed by atoms with Gasteiger partial charge in [-0.25, -0.2) is 4.98 Å². The second-order valence-electron chi connectivity index (χ2n) is 3.67. The van der Waals surface area contributed by atoms with E-state index in [1.165, 1.54) is 18.1 Å². The number of aromatic nitrogens is 1. The SMILES string of the molecule is CCCN(CC(=O)OC)C(=O)c1ccc(F)nc1. The molecule has 0 unspecified atom stereocenters. The van der Waals surface area contributed by atoms with E-state index < -0.39 is 11.9 Å². The molecule has 1 amide bonds. The molecular weight excluding hydrogens is 239 g/mol. The van der Waals surface area contributed by atoms with Gasteiger partial charge in [0.2, 0.25) is 5.95 Å². The summed E-state index contributed by atoms with van der Waals surface area (Å²) in [6.07, 6.45) is 1.86. The molecule has 0 bridgehead atoms. The Balaban J connectivity index is 2.81. The summed E-state index contributed by atoms with van der Waals surface area (Å²) in [5.74, 6) is -1.51. The number of esters is 1. The smallest absolute Gasteiger partial charge is 0.325 e. The second kappa shape index (κ2) is 6.68. The number of pyridine rings is 1. The van der Waals surface area contributed by atoms with Crippen LogP contribution in [0.25, 0.3) is 0 Å². The van der Waals surface area contributed by atoms with Crippen molar-refractivity contribution < 1.29 is 18.7 Å². The molecule has 0 N–H and O–H groups in total. The molecule has 0 aliphatic carbocycles. The highest BCUT2D eigenvalue weighted by Crippen LogP contribution is 2.05. The summed E-state index contributed by atoms with van der Waals surface area (Å²) in [7, 11) is 1.26. The van der Waals surface area contributed by atoms with Gasteiger partial charge in [-0.05, 0) is 18.6 Å². The van der Waals surface area contributed by atoms with Crippen molar-refractivity contribution in [1.82, 2.24) is 9.88 Å². The molecule has 1 rings (SSSR count). The maximum atomic E-state index is 12.7. The second-order valence-corrected chi connectivity index (χ2v) is 3.67. The van der Waals surface area contributed by atoms with Gasteiger partial charge in [0.15, 0.2) is 0 Å². The molecule has 1 heterocycles. The zero-order valence-corrected chi connectivity index (χ0v) is 10.4. The Morgan fingerprint density at radius 3 is 2.67 bits per heavy atom. The van der Waals surface area contributed by atoms with E-state index in [2.05, 4.69) is 9.72 Å². The summed E-state index contributed by atoms with van der Waals surface area (Å²) in [4.78, 5) is 28.0. The van der Waals surface area contributed by atoms with E-state index in [0.29, 0.717) is 13.0 Å². The topological polar surface area (TPSA) is 59.5 Å². The van der Waals surface area contributed by atoms with E-state index in [4.69, 9.17) is 0 Å². The average Bonchev–Trinajstić information content (AvgIpc) is 2.38. The maximum absolute atomic E-state index is 12.7. The number of methoxy groups -OCH3 is 1. The summed E-state index contributed by atoms with van der Waals surface area (Å²) < 4.78 is 17.2. The summed E-state index contributed by atoms with van der Waals surface area (Å²) in [5, 5.41) is 0. The molecule has 0 aliphatic rings. The first-order chi connectivity index (χ1) is 8.58. The van der Waals surface area contributed by atoms with Gasteiger partial charge in [0.25, 0.3) is 5.91 Å². The zero-order chi connectivity index (χ0) is 13.5. The Bertz CT molecular complexity index is 420. The molecule has 0 atom stereocenters. The molecule has 0 aromatic carbocycles. The number of halogens is 1. The third-order valence-electron chi connectivity index (χ3n) is 2.30. The van der Waals surface area contributed by atoms with E-state index in [1.54, 1.807) is 0 Å². The van der Waals surface area contributed by atoms with Crippen molar-refractivity contribution in [1.29, 1.82) is 0 Å². The van der Waals surface area contributed by atoms with Gasteiger partial charge in [0, 0.05) is 12.7 Å². The van der Waals surface area contributed by atoms with Crippen molar-refractivity contribution in [3.05, 3.63) is 29.8 Å². The zero-order valence-electron chi connectivity index (χ0n) is 10.4. The molecular formula is C12H15FN2O3. The number of ether oxygens (including phenoxy) is 1. The normalized spacial score (nSPS) is 9.94. The van der Waals surface area contributed by atoms with Gasteiger partial charge < -0.3 is 9.64 Å². The quantitative estimate of drug-likeness (QED) is 0.586. The van der Waals surface area contributed by atoms with Crippen LogP contribution in [0.4, 0.5) is 4.39 Å². The molecule has 0 spiro atoms. The van der Waals surface area contributed by atoms with Crippen LogP contribution in [-0.4, -0.2) is 42.0 Å². The fourth-order valence-corrected chi connectivity index (χ4v) is 1.43. The van der Waals surface area contributed by atoms with E-state index in [0.717, 1.165) is 12.3 Å². The molecule has 1 aromatic heterocycles. The van der Waals surface area contributed by atoms with Crippen LogP contribution in [0.3, 0.4) is 0 Å². The highest BCUT2D eigenvalue weighted by molar-refractivity contribution is 5.95. The van der Waals surface area contributed by atoms with Gasteiger partial charge in [-0.1, -0.05) is 6.92 Å². The van der Waals surface area contributed by atoms with Crippen molar-refractivity contribution in [2.75, 3.05) is 20.2 Å². The molecule has 18 heavy (non-hydrogen) atoms. The summed E-state index contributed by atoms with van der Waals surface area (Å²) >= 11 is 0. The molecule has 98 valence electrons. The molecule has 6 heteroatoms. The number of rotatable bonds is 5. The Kier molecular flexibility index (Phi) is 5.23. The lowest BCUT2D eigenvalue weighted by Crippen LogP contribution is -2.36. The van der Waals surface area contributed by atoms with Crippen molar-refractivity contribution in [3.63, 3.8) is 0 Å². The fourth-order valence-electron chi connectivity index (χ4n) is 1.43. The molecule has 0 fully saturated rings. The van der Waals surface area contributed by atoms with Crippen LogP contribution in [0.2, 0.25) is 0 Å². The number of hydrogen-bond acceptors (Lipinski definition) is 4. The van der Waals surface area contributed by atoms with E-state index in [1.807, 2.05) is 6.92 Å². The Labute approximate surface area is 105 Å². The average molecular weight is 254 g/mol. The Hall–Kier alpha value is -1.98. The number of carbonyl (C=O) groups excluding carboxylic acids is 2. The van der Waals surface area contributed by atoms with Crippen LogP contribution in [0, 0.1) is 5.95 Å². The number of nitrogens with zero attached hydrogens (tertiary/aromatic N) is 2. The van der Waals surface area contributed by atoms with Crippen molar-refractivity contribution >= 4 is 11.9 Å². The minimum absolute atomic E-state index is 0.124. The number of hydrogen-bond donors (Lipinski definition) is 0. The standard InChI is InChI=1S/C12H15FN2O3/c1-3-6-15(8-11(16)18-2)12(17)9-4-5-10(13)14-7-9/h4-5,7H,3,6,8H2,1-2H3. The molecule has 5 nitrogen and oxygen atoms in total. The molecule has 0 saturated carbocycles. The van der Waals surface area contributed by atoms with Gasteiger partial charge in [-0.15, -0.1) is 0 Å². The summed E-state index contributed by atoms with van der Waals surface area (Å²) in [6, 6.07) is 2.44. The van der Waals surface area contributed by atoms with E-state index in [-0.39, 0.29) is 18.0 Å². The van der Waals surface area contributed by atoms with Crippen LogP contribution < -0.4 is 0 Å². The first-order valence-corrected chi connectivity index (χ1v) is 5.56. The Morgan fingerprint density at radius 2 is 2.17 bits per heavy atom. The van der Waals surface area contributed by atoms with E-state index in [9.17, 15) is 14.0 Å². The third kappa shape index (κ3) is 3.80. The first kappa shape index (κ1) is 14.1. The lowest BCUT2D eigenvalue weighted by Gasteiger charge is -2.20. The van der Waals surface area contributed by atoms with Gasteiger partial charge >= 0.3 is 5.97 Å². The predicted octanol–water partition coefficient (Wildman–Crippen LogP) is 1.25. The monoisotopic (exact) mass is 254 g/mol. The molecule has 0 radical (unpaired) electrons. The largest absolute Gasteiger partial charge is 0.468 e. The van der Waals surface area contributed by atoms with Crippen LogP contribution in [0.1, 0.15) is 23.7 Å². The fraction of sp³-hybridized carbons (Fsp3) is 0.417. The lowest BCUT2D eigenvalue weighted by molar-refractivity contribution is -0.141. The highest BCUT2D eigenvalue weighted by Gasteiger charge is 2.18. The van der Waals surface area contributed by atoms with Gasteiger partial charge in [-0.3, -0.25) is 9.59 Å². The van der Waals surface area contributed by atoms with Gasteiger partial charge in [0.05, 0.1) is 12.7 Å². The summed E-state index contributed by atoms with van der Waals surface area (Å²) in [6.45, 7) is 2.19. The highest BCUT2D eigenvalue weighted by atomic mass is 19.1. The van der Waals surface area contributed by atoms with Gasteiger partial charge in [0.1, 0.15) is 6.54 Å². The summed E-state index contributed by atoms with van der Waals surface area (Å²) in [5.41, 5.74) is 0.244. The van der Waals surface area contributed by atoms with Crippen LogP contribution in [0.5, 0.6) is 0 Å². The molecule has 0 aliphatic heterocycles. The van der Waals surface area contributed by atoms with Crippen molar-refractivity contribution in [2.45, 2.75) is 13.3 Å². The van der Waals surface area contributed by atoms with Crippen LogP contribution in [0.15, 0.2) is 18.3 Å². The Morgan fingerprint density at radius 1 is 1.44 bits per heavy atom. The van der Waals surface area contributed by atoms with Crippen LogP contribution in [-0.2, 0) is 9.53 Å². The minimum Gasteiger partial charge on any atom is -0.468 e. The van der Waals surface area contributed by atoms with E-state index >= 15 is 0 Å². The lowest BCUT2D eigenvalue weighted by atomic mass is 10.2. The number of amides is 1. The first-order valence-electron chi connectivity index (χ1n) is 5.56. The minimum atomic E-state index is -0.651. The maximum Gasteiger partial charge on any atom is 0.325 e. The van der Waals surface area contributed by atoms with Crippen molar-refractivity contribution in [2.24, 2.45) is 0 Å². The van der Waals surface area contributed by atoms with Crippen LogP contribution >= 0.6 is 0 Å². The third-order valence-corrected chi connectivity index (χ3v) is 2.30. The predicted molar refractivity (Wildman–Crippen MR) is 62.4 cm³/mol.